The fraction of sp³-hybridized carbons (Fsp3) is 1.00. The maximum Gasteiger partial charge on any atom is 0.0648 e. The van der Waals surface area contributed by atoms with Gasteiger partial charge in [-0.15, -0.1) is 0 Å². The van der Waals surface area contributed by atoms with Gasteiger partial charge in [0.25, 0.3) is 0 Å². The molecule has 0 heterocycles. The van der Waals surface area contributed by atoms with Crippen molar-refractivity contribution in [2.75, 3.05) is 33.0 Å². The summed E-state index contributed by atoms with van der Waals surface area (Å²) < 4.78 is 11.4. The van der Waals surface area contributed by atoms with Crippen molar-refractivity contribution in [3.63, 3.8) is 0 Å². The third-order valence-electron chi connectivity index (χ3n) is 3.14. The van der Waals surface area contributed by atoms with E-state index in [-0.39, 0.29) is 36.9 Å². The van der Waals surface area contributed by atoms with Gasteiger partial charge in [-0.2, -0.15) is 0 Å². The number of rotatable bonds is 11. The predicted octanol–water partition coefficient (Wildman–Crippen LogP) is 0.950. The van der Waals surface area contributed by atoms with Gasteiger partial charge >= 0.3 is 0 Å². The van der Waals surface area contributed by atoms with Gasteiger partial charge in [0.05, 0.1) is 37.6 Å². The number of aliphatic hydroxyl groups is 3. The van der Waals surface area contributed by atoms with Crippen LogP contribution in [0.3, 0.4) is 0 Å². The minimum atomic E-state index is -0.363. The van der Waals surface area contributed by atoms with Gasteiger partial charge in [0, 0.05) is 12.5 Å². The van der Waals surface area contributed by atoms with Crippen LogP contribution in [0.15, 0.2) is 0 Å². The van der Waals surface area contributed by atoms with Gasteiger partial charge in [0.15, 0.2) is 0 Å². The van der Waals surface area contributed by atoms with Crippen molar-refractivity contribution in [1.82, 2.24) is 0 Å². The minimum absolute atomic E-state index is 0.0768. The van der Waals surface area contributed by atoms with E-state index in [4.69, 9.17) is 24.8 Å². The molecule has 0 bridgehead atoms. The standard InChI is InChI=1S/C14H30O5/c1-13(2,5-7-15)18-8-6-14(3,4)19-11-12(9-16)10-17/h12,15-17H,5-11H2,1-4H3. The molecule has 5 nitrogen and oxygen atoms in total. The van der Waals surface area contributed by atoms with Crippen LogP contribution >= 0.6 is 0 Å². The Bertz CT molecular complexity index is 224. The number of hydrogen-bond acceptors (Lipinski definition) is 5. The van der Waals surface area contributed by atoms with Gasteiger partial charge in [-0.3, -0.25) is 0 Å². The highest BCUT2D eigenvalue weighted by molar-refractivity contribution is 4.72. The van der Waals surface area contributed by atoms with Gasteiger partial charge in [-0.25, -0.2) is 0 Å². The van der Waals surface area contributed by atoms with Crippen molar-refractivity contribution >= 4 is 0 Å². The lowest BCUT2D eigenvalue weighted by Crippen LogP contribution is -2.33. The summed E-state index contributed by atoms with van der Waals surface area (Å²) in [5.74, 6) is -0.231. The van der Waals surface area contributed by atoms with Crippen molar-refractivity contribution in [1.29, 1.82) is 0 Å². The van der Waals surface area contributed by atoms with E-state index in [0.29, 0.717) is 26.1 Å². The monoisotopic (exact) mass is 278 g/mol. The highest BCUT2D eigenvalue weighted by atomic mass is 16.5. The molecule has 5 heteroatoms. The average molecular weight is 278 g/mol. The van der Waals surface area contributed by atoms with Crippen molar-refractivity contribution in [3.8, 4) is 0 Å². The van der Waals surface area contributed by atoms with E-state index in [1.807, 2.05) is 27.7 Å². The summed E-state index contributed by atoms with van der Waals surface area (Å²) in [4.78, 5) is 0. The summed E-state index contributed by atoms with van der Waals surface area (Å²) in [7, 11) is 0. The zero-order valence-corrected chi connectivity index (χ0v) is 12.7. The molecule has 0 spiro atoms. The molecule has 0 aliphatic carbocycles. The number of ether oxygens (including phenoxy) is 2. The van der Waals surface area contributed by atoms with Gasteiger partial charge in [-0.1, -0.05) is 0 Å². The molecule has 0 fully saturated rings. The molecule has 0 radical (unpaired) electrons. The minimum Gasteiger partial charge on any atom is -0.396 e. The normalized spacial score (nSPS) is 13.3. The van der Waals surface area contributed by atoms with Gasteiger partial charge in [-0.05, 0) is 40.5 Å². The molecule has 0 aliphatic heterocycles. The van der Waals surface area contributed by atoms with E-state index in [9.17, 15) is 0 Å². The van der Waals surface area contributed by atoms with Crippen LogP contribution in [0.25, 0.3) is 0 Å². The van der Waals surface area contributed by atoms with Crippen molar-refractivity contribution < 1.29 is 24.8 Å². The first kappa shape index (κ1) is 18.8. The zero-order chi connectivity index (χ0) is 14.9. The predicted molar refractivity (Wildman–Crippen MR) is 74.0 cm³/mol. The Labute approximate surface area is 116 Å². The third kappa shape index (κ3) is 9.35. The molecule has 19 heavy (non-hydrogen) atoms. The molecular formula is C14H30O5. The van der Waals surface area contributed by atoms with Crippen LogP contribution in [-0.2, 0) is 9.47 Å². The van der Waals surface area contributed by atoms with E-state index in [1.54, 1.807) is 0 Å². The van der Waals surface area contributed by atoms with Crippen LogP contribution in [0.4, 0.5) is 0 Å². The summed E-state index contributed by atoms with van der Waals surface area (Å²) in [6.07, 6.45) is 1.32. The molecule has 0 aromatic rings. The van der Waals surface area contributed by atoms with Crippen LogP contribution in [0.1, 0.15) is 40.5 Å². The highest BCUT2D eigenvalue weighted by Gasteiger charge is 2.23. The molecule has 0 rings (SSSR count). The van der Waals surface area contributed by atoms with Crippen LogP contribution < -0.4 is 0 Å². The molecule has 0 aromatic carbocycles. The fourth-order valence-corrected chi connectivity index (χ4v) is 1.49. The van der Waals surface area contributed by atoms with Gasteiger partial charge in [0.2, 0.25) is 0 Å². The number of hydrogen-bond donors (Lipinski definition) is 3. The molecule has 0 unspecified atom stereocenters. The van der Waals surface area contributed by atoms with E-state index in [0.717, 1.165) is 0 Å². The Morgan fingerprint density at radius 3 is 1.84 bits per heavy atom. The smallest absolute Gasteiger partial charge is 0.0648 e. The van der Waals surface area contributed by atoms with Crippen LogP contribution in [0.5, 0.6) is 0 Å². The summed E-state index contributed by atoms with van der Waals surface area (Å²) in [5, 5.41) is 26.9. The quantitative estimate of drug-likeness (QED) is 0.524. The topological polar surface area (TPSA) is 79.2 Å². The Balaban J connectivity index is 3.96. The number of aliphatic hydroxyl groups excluding tert-OH is 3. The summed E-state index contributed by atoms with van der Waals surface area (Å²) in [6.45, 7) is 8.65. The van der Waals surface area contributed by atoms with E-state index in [1.165, 1.54) is 0 Å². The average Bonchev–Trinajstić information content (AvgIpc) is 2.29. The second kappa shape index (κ2) is 8.87. The van der Waals surface area contributed by atoms with Crippen molar-refractivity contribution in [3.05, 3.63) is 0 Å². The molecule has 0 saturated heterocycles. The Morgan fingerprint density at radius 1 is 0.842 bits per heavy atom. The van der Waals surface area contributed by atoms with Gasteiger partial charge < -0.3 is 24.8 Å². The Morgan fingerprint density at radius 2 is 1.37 bits per heavy atom. The molecule has 0 aliphatic rings. The van der Waals surface area contributed by atoms with Crippen molar-refractivity contribution in [2.24, 2.45) is 5.92 Å². The van der Waals surface area contributed by atoms with E-state index in [2.05, 4.69) is 0 Å². The van der Waals surface area contributed by atoms with E-state index < -0.39 is 0 Å². The molecular weight excluding hydrogens is 248 g/mol. The summed E-state index contributed by atoms with van der Waals surface area (Å²) >= 11 is 0. The van der Waals surface area contributed by atoms with Crippen LogP contribution in [-0.4, -0.2) is 59.6 Å². The maximum absolute atomic E-state index is 8.98. The molecule has 0 atom stereocenters. The van der Waals surface area contributed by atoms with E-state index >= 15 is 0 Å². The molecule has 0 saturated carbocycles. The van der Waals surface area contributed by atoms with Crippen LogP contribution in [0, 0.1) is 5.92 Å². The Kier molecular flexibility index (Phi) is 8.78. The first-order chi connectivity index (χ1) is 8.76. The first-order valence-electron chi connectivity index (χ1n) is 6.87. The van der Waals surface area contributed by atoms with Crippen molar-refractivity contribution in [2.45, 2.75) is 51.7 Å². The summed E-state index contributed by atoms with van der Waals surface area (Å²) in [5.41, 5.74) is -0.693. The molecule has 0 aromatic heterocycles. The highest BCUT2D eigenvalue weighted by Crippen LogP contribution is 2.19. The lowest BCUT2D eigenvalue weighted by Gasteiger charge is -2.30. The van der Waals surface area contributed by atoms with Crippen LogP contribution in [0.2, 0.25) is 0 Å². The molecule has 116 valence electrons. The third-order valence-corrected chi connectivity index (χ3v) is 3.14. The molecule has 3 N–H and O–H groups in total. The second-order valence-electron chi connectivity index (χ2n) is 6.13. The zero-order valence-electron chi connectivity index (χ0n) is 12.7. The fourth-order valence-electron chi connectivity index (χ4n) is 1.49. The first-order valence-corrected chi connectivity index (χ1v) is 6.87. The van der Waals surface area contributed by atoms with Gasteiger partial charge in [0.1, 0.15) is 0 Å². The maximum atomic E-state index is 8.98. The lowest BCUT2D eigenvalue weighted by atomic mass is 10.0. The SMILES string of the molecule is CC(C)(CCO)OCCC(C)(C)OCC(CO)CO. The lowest BCUT2D eigenvalue weighted by molar-refractivity contribution is -0.0903. The summed E-state index contributed by atoms with van der Waals surface area (Å²) in [6, 6.07) is 0. The second-order valence-corrected chi connectivity index (χ2v) is 6.13. The Hall–Kier alpha value is -0.200. The molecule has 0 amide bonds. The largest absolute Gasteiger partial charge is 0.396 e.